The first-order chi connectivity index (χ1) is 15.5. The topological polar surface area (TPSA) is 100 Å². The van der Waals surface area contributed by atoms with Crippen LogP contribution in [-0.2, 0) is 0 Å². The molecule has 0 aliphatic carbocycles. The summed E-state index contributed by atoms with van der Waals surface area (Å²) < 4.78 is 5.87. The Bertz CT molecular complexity index is 863. The van der Waals surface area contributed by atoms with Gasteiger partial charge >= 0.3 is 0 Å². The maximum absolute atomic E-state index is 12.3. The molecule has 1 amide bonds. The highest BCUT2D eigenvalue weighted by molar-refractivity contribution is 6.30. The summed E-state index contributed by atoms with van der Waals surface area (Å²) in [5.41, 5.74) is 2.07. The van der Waals surface area contributed by atoms with Crippen LogP contribution in [0.15, 0.2) is 18.5 Å². The van der Waals surface area contributed by atoms with Crippen LogP contribution in [-0.4, -0.2) is 58.8 Å². The van der Waals surface area contributed by atoms with Gasteiger partial charge in [-0.05, 0) is 57.4 Å². The molecule has 32 heavy (non-hydrogen) atoms. The largest absolute Gasteiger partial charge is 0.478 e. The zero-order valence-electron chi connectivity index (χ0n) is 18.8. The van der Waals surface area contributed by atoms with E-state index in [1.54, 1.807) is 12.4 Å². The number of aliphatic hydroxyl groups is 1. The van der Waals surface area contributed by atoms with Crippen LogP contribution >= 0.6 is 11.6 Å². The molecule has 0 atom stereocenters. The molecule has 2 aromatic rings. The second kappa shape index (κ2) is 12.0. The number of anilines is 1. The van der Waals surface area contributed by atoms with Crippen molar-refractivity contribution in [3.8, 4) is 5.88 Å². The fourth-order valence-corrected chi connectivity index (χ4v) is 4.12. The molecule has 0 radical (unpaired) electrons. The summed E-state index contributed by atoms with van der Waals surface area (Å²) in [6.45, 7) is 6.72. The SMILES string of the molecule is Cc1cc(OCCCC2CCN(c3ncc(Cl)cn3)CC2)nc(C)c1C(=O)NCCCO. The van der Waals surface area contributed by atoms with Crippen molar-refractivity contribution in [1.82, 2.24) is 20.3 Å². The highest BCUT2D eigenvalue weighted by Gasteiger charge is 2.21. The maximum Gasteiger partial charge on any atom is 0.253 e. The average Bonchev–Trinajstić information content (AvgIpc) is 2.77. The number of halogens is 1. The summed E-state index contributed by atoms with van der Waals surface area (Å²) in [6.07, 6.45) is 8.11. The van der Waals surface area contributed by atoms with Gasteiger partial charge in [-0.2, -0.15) is 0 Å². The second-order valence-electron chi connectivity index (χ2n) is 8.19. The first kappa shape index (κ1) is 24.2. The number of carbonyl (C=O) groups excluding carboxylic acids is 1. The number of aromatic nitrogens is 3. The first-order valence-corrected chi connectivity index (χ1v) is 11.6. The number of carbonyl (C=O) groups is 1. The molecule has 9 heteroatoms. The van der Waals surface area contributed by atoms with Crippen LogP contribution in [0.25, 0.3) is 0 Å². The highest BCUT2D eigenvalue weighted by atomic mass is 35.5. The molecule has 8 nitrogen and oxygen atoms in total. The van der Waals surface area contributed by atoms with Crippen LogP contribution in [0, 0.1) is 19.8 Å². The van der Waals surface area contributed by atoms with Crippen LogP contribution in [0.3, 0.4) is 0 Å². The Kier molecular flexibility index (Phi) is 9.05. The van der Waals surface area contributed by atoms with Gasteiger partial charge in [0.15, 0.2) is 0 Å². The molecule has 2 N–H and O–H groups in total. The molecule has 1 saturated heterocycles. The molecule has 0 aromatic carbocycles. The van der Waals surface area contributed by atoms with Crippen molar-refractivity contribution in [3.05, 3.63) is 40.3 Å². The lowest BCUT2D eigenvalue weighted by Crippen LogP contribution is -2.34. The summed E-state index contributed by atoms with van der Waals surface area (Å²) in [5.74, 6) is 1.81. The Labute approximate surface area is 194 Å². The van der Waals surface area contributed by atoms with Gasteiger partial charge in [-0.25, -0.2) is 15.0 Å². The van der Waals surface area contributed by atoms with Gasteiger partial charge < -0.3 is 20.1 Å². The van der Waals surface area contributed by atoms with E-state index in [2.05, 4.69) is 25.2 Å². The third-order valence-electron chi connectivity index (χ3n) is 5.73. The Morgan fingerprint density at radius 3 is 2.62 bits per heavy atom. The van der Waals surface area contributed by atoms with E-state index in [4.69, 9.17) is 21.4 Å². The number of amides is 1. The fraction of sp³-hybridized carbons (Fsp3) is 0.565. The molecule has 0 unspecified atom stereocenters. The lowest BCUT2D eigenvalue weighted by Gasteiger charge is -2.31. The summed E-state index contributed by atoms with van der Waals surface area (Å²) >= 11 is 5.87. The minimum Gasteiger partial charge on any atom is -0.478 e. The van der Waals surface area contributed by atoms with Crippen molar-refractivity contribution < 1.29 is 14.6 Å². The lowest BCUT2D eigenvalue weighted by atomic mass is 9.92. The summed E-state index contributed by atoms with van der Waals surface area (Å²) in [5, 5.41) is 12.2. The van der Waals surface area contributed by atoms with Crippen molar-refractivity contribution >= 4 is 23.5 Å². The number of piperidine rings is 1. The second-order valence-corrected chi connectivity index (χ2v) is 8.63. The van der Waals surface area contributed by atoms with Crippen molar-refractivity contribution in [1.29, 1.82) is 0 Å². The zero-order valence-corrected chi connectivity index (χ0v) is 19.6. The number of hydrogen-bond acceptors (Lipinski definition) is 7. The summed E-state index contributed by atoms with van der Waals surface area (Å²) in [4.78, 5) is 27.6. The maximum atomic E-state index is 12.3. The van der Waals surface area contributed by atoms with E-state index in [0.29, 0.717) is 47.7 Å². The first-order valence-electron chi connectivity index (χ1n) is 11.2. The van der Waals surface area contributed by atoms with Crippen LogP contribution < -0.4 is 15.0 Å². The van der Waals surface area contributed by atoms with E-state index in [1.165, 1.54) is 0 Å². The van der Waals surface area contributed by atoms with Crippen LogP contribution in [0.1, 0.15) is 53.7 Å². The molecular weight excluding hydrogens is 430 g/mol. The number of aliphatic hydroxyl groups excluding tert-OH is 1. The predicted molar refractivity (Wildman–Crippen MR) is 124 cm³/mol. The lowest BCUT2D eigenvalue weighted by molar-refractivity contribution is 0.0949. The number of nitrogens with zero attached hydrogens (tertiary/aromatic N) is 4. The monoisotopic (exact) mass is 461 g/mol. The van der Waals surface area contributed by atoms with Crippen LogP contribution in [0.4, 0.5) is 5.95 Å². The number of aryl methyl sites for hydroxylation is 2. The van der Waals surface area contributed by atoms with E-state index < -0.39 is 0 Å². The highest BCUT2D eigenvalue weighted by Crippen LogP contribution is 2.25. The number of rotatable bonds is 10. The number of hydrogen-bond donors (Lipinski definition) is 2. The van der Waals surface area contributed by atoms with Gasteiger partial charge in [0, 0.05) is 32.3 Å². The quantitative estimate of drug-likeness (QED) is 0.523. The Hall–Kier alpha value is -2.45. The third-order valence-corrected chi connectivity index (χ3v) is 5.93. The van der Waals surface area contributed by atoms with Crippen LogP contribution in [0.2, 0.25) is 5.02 Å². The number of nitrogens with one attached hydrogen (secondary N) is 1. The fourth-order valence-electron chi connectivity index (χ4n) is 4.02. The minimum atomic E-state index is -0.164. The van der Waals surface area contributed by atoms with Gasteiger partial charge in [0.05, 0.1) is 35.3 Å². The third kappa shape index (κ3) is 6.77. The molecule has 1 aliphatic rings. The van der Waals surface area contributed by atoms with Crippen molar-refractivity contribution in [2.75, 3.05) is 37.7 Å². The molecule has 174 valence electrons. The molecule has 3 rings (SSSR count). The van der Waals surface area contributed by atoms with Crippen molar-refractivity contribution in [2.45, 2.75) is 46.0 Å². The molecule has 0 saturated carbocycles. The number of ether oxygens (including phenoxy) is 1. The normalized spacial score (nSPS) is 14.4. The predicted octanol–water partition coefficient (Wildman–Crippen LogP) is 3.33. The van der Waals surface area contributed by atoms with Crippen molar-refractivity contribution in [2.24, 2.45) is 5.92 Å². The van der Waals surface area contributed by atoms with Gasteiger partial charge in [0.25, 0.3) is 5.91 Å². The Morgan fingerprint density at radius 1 is 1.25 bits per heavy atom. The summed E-state index contributed by atoms with van der Waals surface area (Å²) in [6, 6.07) is 1.82. The average molecular weight is 462 g/mol. The zero-order chi connectivity index (χ0) is 22.9. The molecule has 3 heterocycles. The van der Waals surface area contributed by atoms with E-state index >= 15 is 0 Å². The molecule has 0 spiro atoms. The molecule has 1 aliphatic heterocycles. The van der Waals surface area contributed by atoms with Gasteiger partial charge in [0.2, 0.25) is 11.8 Å². The molecule has 2 aromatic heterocycles. The van der Waals surface area contributed by atoms with E-state index in [0.717, 1.165) is 50.3 Å². The Morgan fingerprint density at radius 2 is 1.97 bits per heavy atom. The Balaban J connectivity index is 1.40. The van der Waals surface area contributed by atoms with Gasteiger partial charge in [0.1, 0.15) is 0 Å². The number of pyridine rings is 1. The van der Waals surface area contributed by atoms with Gasteiger partial charge in [-0.15, -0.1) is 0 Å². The van der Waals surface area contributed by atoms with Gasteiger partial charge in [-0.1, -0.05) is 11.6 Å². The van der Waals surface area contributed by atoms with E-state index in [1.807, 2.05) is 19.9 Å². The van der Waals surface area contributed by atoms with Crippen LogP contribution in [0.5, 0.6) is 5.88 Å². The summed E-state index contributed by atoms with van der Waals surface area (Å²) in [7, 11) is 0. The molecule has 0 bridgehead atoms. The molecule has 1 fully saturated rings. The minimum absolute atomic E-state index is 0.0547. The van der Waals surface area contributed by atoms with Gasteiger partial charge in [-0.3, -0.25) is 4.79 Å². The standard InChI is InChI=1S/C23H32ClN5O3/c1-16-13-20(28-17(2)21(16)22(31)25-8-4-11-30)32-12-3-5-18-6-9-29(10-7-18)23-26-14-19(24)15-27-23/h13-15,18,30H,3-12H2,1-2H3,(H,25,31). The molecular formula is C23H32ClN5O3. The smallest absolute Gasteiger partial charge is 0.253 e. The van der Waals surface area contributed by atoms with E-state index in [9.17, 15) is 4.79 Å². The van der Waals surface area contributed by atoms with Crippen molar-refractivity contribution in [3.63, 3.8) is 0 Å². The van der Waals surface area contributed by atoms with E-state index in [-0.39, 0.29) is 12.5 Å².